The van der Waals surface area contributed by atoms with Crippen molar-refractivity contribution in [3.8, 4) is 0 Å². The lowest BCUT2D eigenvalue weighted by atomic mass is 9.85. The molecule has 3 aromatic rings. The molecule has 0 unspecified atom stereocenters. The summed E-state index contributed by atoms with van der Waals surface area (Å²) in [6, 6.07) is 15.5. The Kier molecular flexibility index (Phi) is 6.06. The molecule has 1 N–H and O–H groups in total. The topological polar surface area (TPSA) is 57.6 Å². The van der Waals surface area contributed by atoms with Crippen molar-refractivity contribution in [2.45, 2.75) is 53.2 Å². The van der Waals surface area contributed by atoms with Crippen LogP contribution in [-0.4, -0.2) is 16.8 Å². The van der Waals surface area contributed by atoms with Gasteiger partial charge in [-0.05, 0) is 75.1 Å². The van der Waals surface area contributed by atoms with E-state index in [1.54, 1.807) is 11.0 Å². The fourth-order valence-corrected chi connectivity index (χ4v) is 5.29. The van der Waals surface area contributed by atoms with E-state index in [2.05, 4.69) is 22.0 Å². The van der Waals surface area contributed by atoms with E-state index < -0.39 is 11.5 Å². The second-order valence-electron chi connectivity index (χ2n) is 9.22. The Labute approximate surface area is 203 Å². The predicted octanol–water partition coefficient (Wildman–Crippen LogP) is 6.00. The van der Waals surface area contributed by atoms with Gasteiger partial charge in [-0.3, -0.25) is 9.59 Å². The highest BCUT2D eigenvalue weighted by Crippen LogP contribution is 2.45. The third-order valence-corrected chi connectivity index (χ3v) is 6.99. The van der Waals surface area contributed by atoms with Crippen LogP contribution in [0.3, 0.4) is 0 Å². The number of hydrogen-bond acceptors (Lipinski definition) is 3. The number of carbonyl (C=O) groups is 2. The average Bonchev–Trinajstić information content (AvgIpc) is 2.91. The van der Waals surface area contributed by atoms with Gasteiger partial charge in [0.1, 0.15) is 0 Å². The van der Waals surface area contributed by atoms with Gasteiger partial charge in [-0.25, -0.2) is 0 Å². The first-order valence-corrected chi connectivity index (χ1v) is 11.8. The Morgan fingerprint density at radius 1 is 0.909 bits per heavy atom. The molecule has 0 saturated heterocycles. The quantitative estimate of drug-likeness (QED) is 0.432. The number of aryl methyl sites for hydroxylation is 5. The first-order valence-electron chi connectivity index (χ1n) is 11.0. The van der Waals surface area contributed by atoms with Crippen LogP contribution in [0.25, 0.3) is 0 Å². The number of fused-ring (bicyclic) bond motifs is 1. The predicted molar refractivity (Wildman–Crippen MR) is 135 cm³/mol. The SMILES string of the molecule is Cc1cc(C)c(C(=O)C[C@]2(O)C(=O)N(Cc3cc(C)ccc3C)c3ccc(Br)cc32)c(C)c1. The molecule has 1 aliphatic heterocycles. The molecule has 4 nitrogen and oxygen atoms in total. The fourth-order valence-electron chi connectivity index (χ4n) is 4.93. The van der Waals surface area contributed by atoms with E-state index in [0.29, 0.717) is 23.4 Å². The van der Waals surface area contributed by atoms with Gasteiger partial charge in [0.25, 0.3) is 5.91 Å². The minimum Gasteiger partial charge on any atom is -0.375 e. The lowest BCUT2D eigenvalue weighted by Crippen LogP contribution is -2.41. The summed E-state index contributed by atoms with van der Waals surface area (Å²) in [5, 5.41) is 11.7. The molecule has 1 amide bonds. The van der Waals surface area contributed by atoms with Gasteiger partial charge in [-0.2, -0.15) is 0 Å². The molecule has 1 atom stereocenters. The van der Waals surface area contributed by atoms with E-state index in [0.717, 1.165) is 37.9 Å². The van der Waals surface area contributed by atoms with Crippen molar-refractivity contribution in [1.82, 2.24) is 0 Å². The van der Waals surface area contributed by atoms with E-state index in [9.17, 15) is 14.7 Å². The molecule has 4 rings (SSSR count). The molecule has 0 saturated carbocycles. The summed E-state index contributed by atoms with van der Waals surface area (Å²) in [6.45, 7) is 10.1. The molecule has 0 bridgehead atoms. The number of aliphatic hydroxyl groups is 1. The highest BCUT2D eigenvalue weighted by atomic mass is 79.9. The minimum atomic E-state index is -1.92. The van der Waals surface area contributed by atoms with Gasteiger partial charge < -0.3 is 10.0 Å². The van der Waals surface area contributed by atoms with Gasteiger partial charge in [-0.15, -0.1) is 0 Å². The first kappa shape index (κ1) is 23.4. The number of anilines is 1. The second kappa shape index (κ2) is 8.54. The van der Waals surface area contributed by atoms with E-state index in [1.165, 1.54) is 0 Å². The van der Waals surface area contributed by atoms with E-state index in [-0.39, 0.29) is 12.2 Å². The van der Waals surface area contributed by atoms with Gasteiger partial charge in [0, 0.05) is 15.6 Å². The normalized spacial score (nSPS) is 17.4. The molecular formula is C28H28BrNO3. The van der Waals surface area contributed by atoms with Crippen LogP contribution in [0.2, 0.25) is 0 Å². The van der Waals surface area contributed by atoms with E-state index in [1.807, 2.05) is 71.0 Å². The highest BCUT2D eigenvalue weighted by molar-refractivity contribution is 9.10. The number of rotatable bonds is 5. The summed E-state index contributed by atoms with van der Waals surface area (Å²) in [5.41, 5.74) is 5.73. The summed E-state index contributed by atoms with van der Waals surface area (Å²) in [4.78, 5) is 28.7. The van der Waals surface area contributed by atoms with Crippen LogP contribution in [0.15, 0.2) is 53.0 Å². The molecule has 3 aromatic carbocycles. The van der Waals surface area contributed by atoms with Gasteiger partial charge in [0.2, 0.25) is 0 Å². The molecule has 5 heteroatoms. The number of carbonyl (C=O) groups excluding carboxylic acids is 2. The zero-order valence-corrected chi connectivity index (χ0v) is 21.2. The number of benzene rings is 3. The van der Waals surface area contributed by atoms with Crippen LogP contribution in [0, 0.1) is 34.6 Å². The Morgan fingerprint density at radius 2 is 1.58 bits per heavy atom. The maximum atomic E-state index is 13.7. The van der Waals surface area contributed by atoms with E-state index >= 15 is 0 Å². The van der Waals surface area contributed by atoms with Crippen molar-refractivity contribution < 1.29 is 14.7 Å². The van der Waals surface area contributed by atoms with Crippen LogP contribution in [0.5, 0.6) is 0 Å². The summed E-state index contributed by atoms with van der Waals surface area (Å²) < 4.78 is 0.746. The second-order valence-corrected chi connectivity index (χ2v) is 10.1. The van der Waals surface area contributed by atoms with Crippen LogP contribution >= 0.6 is 15.9 Å². The molecule has 1 heterocycles. The van der Waals surface area contributed by atoms with Gasteiger partial charge >= 0.3 is 0 Å². The average molecular weight is 506 g/mol. The summed E-state index contributed by atoms with van der Waals surface area (Å²) in [5.74, 6) is -0.701. The summed E-state index contributed by atoms with van der Waals surface area (Å²) >= 11 is 3.46. The number of Topliss-reactive ketones (excluding diaryl/α,β-unsaturated/α-hetero) is 1. The fraction of sp³-hybridized carbons (Fsp3) is 0.286. The van der Waals surface area contributed by atoms with Gasteiger partial charge in [0.15, 0.2) is 11.4 Å². The number of ketones is 1. The van der Waals surface area contributed by atoms with Crippen molar-refractivity contribution >= 4 is 33.3 Å². The van der Waals surface area contributed by atoms with Gasteiger partial charge in [-0.1, -0.05) is 57.4 Å². The first-order chi connectivity index (χ1) is 15.5. The smallest absolute Gasteiger partial charge is 0.264 e. The van der Waals surface area contributed by atoms with Crippen molar-refractivity contribution in [3.63, 3.8) is 0 Å². The minimum absolute atomic E-state index is 0.236. The maximum Gasteiger partial charge on any atom is 0.264 e. The lowest BCUT2D eigenvalue weighted by molar-refractivity contribution is -0.136. The summed E-state index contributed by atoms with van der Waals surface area (Å²) in [7, 11) is 0. The van der Waals surface area contributed by atoms with Crippen LogP contribution in [0.4, 0.5) is 5.69 Å². The molecule has 1 aliphatic rings. The molecular weight excluding hydrogens is 478 g/mol. The molecule has 0 fully saturated rings. The maximum absolute atomic E-state index is 13.7. The van der Waals surface area contributed by atoms with Crippen molar-refractivity contribution in [2.24, 2.45) is 0 Å². The molecule has 0 radical (unpaired) electrons. The van der Waals surface area contributed by atoms with Gasteiger partial charge in [0.05, 0.1) is 18.7 Å². The third-order valence-electron chi connectivity index (χ3n) is 6.50. The third kappa shape index (κ3) is 4.16. The van der Waals surface area contributed by atoms with Crippen molar-refractivity contribution in [1.29, 1.82) is 0 Å². The number of hydrogen-bond donors (Lipinski definition) is 1. The Bertz CT molecular complexity index is 1270. The molecule has 0 aliphatic carbocycles. The van der Waals surface area contributed by atoms with Crippen LogP contribution < -0.4 is 4.90 Å². The molecule has 0 aromatic heterocycles. The van der Waals surface area contributed by atoms with Crippen molar-refractivity contribution in [3.05, 3.63) is 97.5 Å². The molecule has 0 spiro atoms. The zero-order valence-electron chi connectivity index (χ0n) is 19.6. The van der Waals surface area contributed by atoms with Crippen molar-refractivity contribution in [2.75, 3.05) is 4.90 Å². The standard InChI is InChI=1S/C28H28BrNO3/c1-16-6-7-18(3)21(12-16)15-30-24-9-8-22(29)13-23(24)28(33,27(30)32)14-25(31)26-19(4)10-17(2)11-20(26)5/h6-13,33H,14-15H2,1-5H3/t28-/m1/s1. The zero-order chi connectivity index (χ0) is 24.1. The highest BCUT2D eigenvalue weighted by Gasteiger charge is 2.51. The Hall–Kier alpha value is -2.76. The Balaban J connectivity index is 1.76. The molecule has 170 valence electrons. The van der Waals surface area contributed by atoms with E-state index in [4.69, 9.17) is 0 Å². The lowest BCUT2D eigenvalue weighted by Gasteiger charge is -2.24. The number of halogens is 1. The Morgan fingerprint density at radius 3 is 2.24 bits per heavy atom. The monoisotopic (exact) mass is 505 g/mol. The largest absolute Gasteiger partial charge is 0.375 e. The van der Waals surface area contributed by atoms with Crippen LogP contribution in [-0.2, 0) is 16.9 Å². The summed E-state index contributed by atoms with van der Waals surface area (Å²) in [6.07, 6.45) is -0.302. The number of nitrogens with zero attached hydrogens (tertiary/aromatic N) is 1. The van der Waals surface area contributed by atoms with Crippen LogP contribution in [0.1, 0.15) is 55.7 Å². The molecule has 33 heavy (non-hydrogen) atoms. The number of amides is 1.